The lowest BCUT2D eigenvalue weighted by Crippen LogP contribution is -2.00. The first kappa shape index (κ1) is 16.1. The topological polar surface area (TPSA) is 36.3 Å². The number of benzene rings is 2. The van der Waals surface area contributed by atoms with Crippen molar-refractivity contribution in [2.24, 2.45) is 0 Å². The maximum absolute atomic E-state index is 5.20. The zero-order chi connectivity index (χ0) is 16.9. The molecule has 0 aliphatic rings. The Hall–Kier alpha value is -2.75. The minimum Gasteiger partial charge on any atom is -0.497 e. The highest BCUT2D eigenvalue weighted by atomic mass is 16.5. The van der Waals surface area contributed by atoms with Crippen LogP contribution in [-0.4, -0.2) is 23.8 Å². The zero-order valence-electron chi connectivity index (χ0n) is 14.3. The van der Waals surface area contributed by atoms with Crippen molar-refractivity contribution < 1.29 is 9.47 Å². The Morgan fingerprint density at radius 1 is 0.833 bits per heavy atom. The number of aryl methyl sites for hydroxylation is 1. The Kier molecular flexibility index (Phi) is 4.85. The highest BCUT2D eigenvalue weighted by Crippen LogP contribution is 2.17. The molecule has 1 heterocycles. The molecule has 124 valence electrons. The van der Waals surface area contributed by atoms with Gasteiger partial charge >= 0.3 is 0 Å². The van der Waals surface area contributed by atoms with Gasteiger partial charge in [-0.3, -0.25) is 0 Å². The van der Waals surface area contributed by atoms with Gasteiger partial charge in [0, 0.05) is 19.2 Å². The molecule has 2 aromatic carbocycles. The van der Waals surface area contributed by atoms with Gasteiger partial charge in [0.2, 0.25) is 0 Å². The highest BCUT2D eigenvalue weighted by molar-refractivity contribution is 5.30. The van der Waals surface area contributed by atoms with Gasteiger partial charge in [0.1, 0.15) is 17.3 Å². The molecular formula is C20H22N2O2. The predicted octanol–water partition coefficient (Wildman–Crippen LogP) is 3.85. The number of nitrogens with zero attached hydrogens (tertiary/aromatic N) is 2. The summed E-state index contributed by atoms with van der Waals surface area (Å²) in [6, 6.07) is 16.3. The Morgan fingerprint density at radius 2 is 1.38 bits per heavy atom. The molecular weight excluding hydrogens is 300 g/mol. The van der Waals surface area contributed by atoms with E-state index >= 15 is 0 Å². The molecule has 3 rings (SSSR count). The maximum Gasteiger partial charge on any atom is 0.118 e. The van der Waals surface area contributed by atoms with Crippen LogP contribution in [0.3, 0.4) is 0 Å². The summed E-state index contributed by atoms with van der Waals surface area (Å²) in [4.78, 5) is 4.69. The third-order valence-corrected chi connectivity index (χ3v) is 4.08. The summed E-state index contributed by atoms with van der Waals surface area (Å²) in [6.07, 6.45) is 2.95. The van der Waals surface area contributed by atoms with Crippen molar-refractivity contribution >= 4 is 0 Å². The fraction of sp³-hybridized carbons (Fsp3) is 0.250. The minimum atomic E-state index is 0.811. The maximum atomic E-state index is 5.20. The van der Waals surface area contributed by atoms with Gasteiger partial charge in [-0.1, -0.05) is 24.3 Å². The summed E-state index contributed by atoms with van der Waals surface area (Å²) in [7, 11) is 3.36. The zero-order valence-corrected chi connectivity index (χ0v) is 14.3. The van der Waals surface area contributed by atoms with E-state index in [-0.39, 0.29) is 0 Å². The summed E-state index contributed by atoms with van der Waals surface area (Å²) in [5, 5.41) is 0. The van der Waals surface area contributed by atoms with Crippen molar-refractivity contribution in [3.8, 4) is 11.5 Å². The lowest BCUT2D eigenvalue weighted by atomic mass is 10.1. The molecule has 0 bridgehead atoms. The van der Waals surface area contributed by atoms with E-state index in [9.17, 15) is 0 Å². The average molecular weight is 322 g/mol. The quantitative estimate of drug-likeness (QED) is 0.691. The molecule has 4 heteroatoms. The fourth-order valence-electron chi connectivity index (χ4n) is 2.70. The lowest BCUT2D eigenvalue weighted by molar-refractivity contribution is 0.414. The van der Waals surface area contributed by atoms with Crippen LogP contribution in [0.4, 0.5) is 0 Å². The monoisotopic (exact) mass is 322 g/mol. The smallest absolute Gasteiger partial charge is 0.118 e. The van der Waals surface area contributed by atoms with Gasteiger partial charge in [0.15, 0.2) is 0 Å². The molecule has 0 unspecified atom stereocenters. The van der Waals surface area contributed by atoms with Crippen LogP contribution in [0.5, 0.6) is 11.5 Å². The van der Waals surface area contributed by atoms with E-state index in [4.69, 9.17) is 9.47 Å². The van der Waals surface area contributed by atoms with Crippen LogP contribution >= 0.6 is 0 Å². The van der Waals surface area contributed by atoms with Crippen LogP contribution in [0.25, 0.3) is 0 Å². The van der Waals surface area contributed by atoms with E-state index in [1.165, 1.54) is 11.1 Å². The first-order chi connectivity index (χ1) is 11.7. The normalized spacial score (nSPS) is 10.6. The van der Waals surface area contributed by atoms with E-state index in [1.54, 1.807) is 14.2 Å². The standard InChI is InChI=1S/C20H22N2O2/c1-15-21-18(12-16-4-8-19(23-2)9-5-16)14-22(15)13-17-6-10-20(24-3)11-7-17/h4-11,14H,12-13H2,1-3H3. The number of rotatable bonds is 6. The number of aromatic nitrogens is 2. The summed E-state index contributed by atoms with van der Waals surface area (Å²) < 4.78 is 12.6. The van der Waals surface area contributed by atoms with Crippen LogP contribution in [0, 0.1) is 6.92 Å². The molecule has 0 fully saturated rings. The Bertz CT molecular complexity index is 790. The van der Waals surface area contributed by atoms with Gasteiger partial charge in [-0.05, 0) is 42.3 Å². The van der Waals surface area contributed by atoms with E-state index in [0.717, 1.165) is 36.0 Å². The molecule has 3 aromatic rings. The van der Waals surface area contributed by atoms with Crippen LogP contribution in [-0.2, 0) is 13.0 Å². The van der Waals surface area contributed by atoms with Crippen LogP contribution < -0.4 is 9.47 Å². The second kappa shape index (κ2) is 7.21. The Morgan fingerprint density at radius 3 is 1.92 bits per heavy atom. The number of ether oxygens (including phenoxy) is 2. The van der Waals surface area contributed by atoms with Gasteiger partial charge in [-0.2, -0.15) is 0 Å². The highest BCUT2D eigenvalue weighted by Gasteiger charge is 2.06. The molecule has 0 radical (unpaired) electrons. The predicted molar refractivity (Wildman–Crippen MR) is 94.9 cm³/mol. The number of imidazole rings is 1. The molecule has 0 aliphatic carbocycles. The number of methoxy groups -OCH3 is 2. The van der Waals surface area contributed by atoms with Crippen LogP contribution in [0.15, 0.2) is 54.7 Å². The molecule has 0 saturated heterocycles. The van der Waals surface area contributed by atoms with Gasteiger partial charge in [0.25, 0.3) is 0 Å². The molecule has 4 nitrogen and oxygen atoms in total. The second-order valence-corrected chi connectivity index (χ2v) is 5.78. The molecule has 0 amide bonds. The van der Waals surface area contributed by atoms with Crippen molar-refractivity contribution in [2.75, 3.05) is 14.2 Å². The van der Waals surface area contributed by atoms with Gasteiger partial charge in [0.05, 0.1) is 19.9 Å². The Balaban J connectivity index is 1.71. The molecule has 0 spiro atoms. The van der Waals surface area contributed by atoms with Crippen LogP contribution in [0.1, 0.15) is 22.6 Å². The molecule has 0 N–H and O–H groups in total. The first-order valence-electron chi connectivity index (χ1n) is 7.96. The van der Waals surface area contributed by atoms with E-state index in [2.05, 4.69) is 40.0 Å². The molecule has 0 aliphatic heterocycles. The Labute approximate surface area is 142 Å². The van der Waals surface area contributed by atoms with E-state index in [1.807, 2.05) is 31.2 Å². The second-order valence-electron chi connectivity index (χ2n) is 5.78. The third-order valence-electron chi connectivity index (χ3n) is 4.08. The summed E-state index contributed by atoms with van der Waals surface area (Å²) >= 11 is 0. The molecule has 24 heavy (non-hydrogen) atoms. The van der Waals surface area contributed by atoms with Crippen molar-refractivity contribution in [1.29, 1.82) is 0 Å². The summed E-state index contributed by atoms with van der Waals surface area (Å²) in [5.41, 5.74) is 3.53. The third kappa shape index (κ3) is 3.77. The molecule has 0 atom stereocenters. The van der Waals surface area contributed by atoms with Gasteiger partial charge < -0.3 is 14.0 Å². The SMILES string of the molecule is COc1ccc(Cc2cn(Cc3ccc(OC)cc3)c(C)n2)cc1. The lowest BCUT2D eigenvalue weighted by Gasteiger charge is -2.06. The van der Waals surface area contributed by atoms with Crippen molar-refractivity contribution in [2.45, 2.75) is 19.9 Å². The largest absolute Gasteiger partial charge is 0.497 e. The van der Waals surface area contributed by atoms with Gasteiger partial charge in [-0.15, -0.1) is 0 Å². The summed E-state index contributed by atoms with van der Waals surface area (Å²) in [5.74, 6) is 2.77. The van der Waals surface area contributed by atoms with Crippen molar-refractivity contribution in [3.63, 3.8) is 0 Å². The number of hydrogen-bond donors (Lipinski definition) is 0. The molecule has 0 saturated carbocycles. The van der Waals surface area contributed by atoms with Gasteiger partial charge in [-0.25, -0.2) is 4.98 Å². The average Bonchev–Trinajstić information content (AvgIpc) is 2.95. The molecule has 1 aromatic heterocycles. The minimum absolute atomic E-state index is 0.811. The number of hydrogen-bond acceptors (Lipinski definition) is 3. The first-order valence-corrected chi connectivity index (χ1v) is 7.96. The van der Waals surface area contributed by atoms with Crippen molar-refractivity contribution in [3.05, 3.63) is 77.4 Å². The van der Waals surface area contributed by atoms with E-state index < -0.39 is 0 Å². The van der Waals surface area contributed by atoms with E-state index in [0.29, 0.717) is 0 Å². The van der Waals surface area contributed by atoms with Crippen LogP contribution in [0.2, 0.25) is 0 Å². The summed E-state index contributed by atoms with van der Waals surface area (Å²) in [6.45, 7) is 2.85. The fourth-order valence-corrected chi connectivity index (χ4v) is 2.70. The van der Waals surface area contributed by atoms with Crippen molar-refractivity contribution in [1.82, 2.24) is 9.55 Å².